The van der Waals surface area contributed by atoms with Crippen LogP contribution in [0.15, 0.2) is 23.3 Å². The average Bonchev–Trinajstić information content (AvgIpc) is 2.71. The zero-order valence-electron chi connectivity index (χ0n) is 13.6. The van der Waals surface area contributed by atoms with Gasteiger partial charge in [0.1, 0.15) is 6.10 Å². The van der Waals surface area contributed by atoms with E-state index in [-0.39, 0.29) is 28.7 Å². The first-order valence-corrected chi connectivity index (χ1v) is 8.50. The monoisotopic (exact) mass is 300 g/mol. The Morgan fingerprint density at radius 2 is 2.09 bits per heavy atom. The molecule has 0 spiro atoms. The van der Waals surface area contributed by atoms with Crippen LogP contribution in [0.4, 0.5) is 0 Å². The lowest BCUT2D eigenvalue weighted by atomic mass is 9.47. The van der Waals surface area contributed by atoms with Crippen molar-refractivity contribution in [3.8, 4) is 0 Å². The maximum atomic E-state index is 12.5. The van der Waals surface area contributed by atoms with E-state index in [9.17, 15) is 9.59 Å². The molecule has 5 atom stereocenters. The van der Waals surface area contributed by atoms with Crippen molar-refractivity contribution in [2.45, 2.75) is 59.0 Å². The summed E-state index contributed by atoms with van der Waals surface area (Å²) in [6, 6.07) is 0. The third-order valence-corrected chi connectivity index (χ3v) is 6.90. The molecule has 22 heavy (non-hydrogen) atoms. The zero-order chi connectivity index (χ0) is 15.7. The van der Waals surface area contributed by atoms with E-state index in [0.29, 0.717) is 11.8 Å². The fraction of sp³-hybridized carbons (Fsp3) is 0.684. The van der Waals surface area contributed by atoms with Gasteiger partial charge in [-0.3, -0.25) is 9.59 Å². The van der Waals surface area contributed by atoms with Gasteiger partial charge < -0.3 is 4.74 Å². The Morgan fingerprint density at radius 3 is 2.82 bits per heavy atom. The SMILES string of the molecule is CC(=O)C1=CC2=C[C@H]3OC(=O)[C@@]4(C)CCC[C@@](C)([C@@H]34)[C@H]2CC1. The molecule has 4 aliphatic rings. The van der Waals surface area contributed by atoms with Crippen LogP contribution in [0, 0.1) is 22.7 Å². The third kappa shape index (κ3) is 1.63. The van der Waals surface area contributed by atoms with Crippen LogP contribution in [0.3, 0.4) is 0 Å². The van der Waals surface area contributed by atoms with Crippen molar-refractivity contribution < 1.29 is 14.3 Å². The molecular weight excluding hydrogens is 276 g/mol. The van der Waals surface area contributed by atoms with Gasteiger partial charge in [-0.15, -0.1) is 0 Å². The van der Waals surface area contributed by atoms with Crippen LogP contribution >= 0.6 is 0 Å². The van der Waals surface area contributed by atoms with Crippen molar-refractivity contribution in [1.82, 2.24) is 0 Å². The molecule has 3 aliphatic carbocycles. The van der Waals surface area contributed by atoms with E-state index in [0.717, 1.165) is 37.7 Å². The summed E-state index contributed by atoms with van der Waals surface area (Å²) in [6.45, 7) is 6.11. The number of hydrogen-bond donors (Lipinski definition) is 0. The minimum Gasteiger partial charge on any atom is -0.457 e. The van der Waals surface area contributed by atoms with E-state index < -0.39 is 0 Å². The van der Waals surface area contributed by atoms with Crippen LogP contribution in [-0.4, -0.2) is 17.9 Å². The smallest absolute Gasteiger partial charge is 0.312 e. The normalized spacial score (nSPS) is 46.1. The Kier molecular flexibility index (Phi) is 2.80. The third-order valence-electron chi connectivity index (χ3n) is 6.90. The molecule has 0 amide bonds. The first-order chi connectivity index (χ1) is 10.4. The van der Waals surface area contributed by atoms with E-state index in [4.69, 9.17) is 4.74 Å². The van der Waals surface area contributed by atoms with Crippen LogP contribution in [0.5, 0.6) is 0 Å². The predicted octanol–water partition coefficient (Wildman–Crippen LogP) is 3.59. The van der Waals surface area contributed by atoms with Crippen LogP contribution in [0.1, 0.15) is 52.9 Å². The number of carbonyl (C=O) groups is 2. The standard InChI is InChI=1S/C19H24O3/c1-11(20)12-5-6-14-13(9-12)10-15-16-18(14,2)7-4-8-19(16,3)17(21)22-15/h9-10,14-16H,4-8H2,1-3H3/t14-,15+,16+,18+,19-/m0/s1. The molecule has 0 aromatic rings. The van der Waals surface area contributed by atoms with E-state index in [1.807, 2.05) is 0 Å². The van der Waals surface area contributed by atoms with Gasteiger partial charge in [-0.1, -0.05) is 19.4 Å². The molecule has 0 N–H and O–H groups in total. The predicted molar refractivity (Wildman–Crippen MR) is 83.0 cm³/mol. The summed E-state index contributed by atoms with van der Waals surface area (Å²) in [6.07, 6.45) is 9.23. The number of ether oxygens (including phenoxy) is 1. The van der Waals surface area contributed by atoms with Crippen molar-refractivity contribution in [2.75, 3.05) is 0 Å². The van der Waals surface area contributed by atoms with Crippen molar-refractivity contribution in [3.63, 3.8) is 0 Å². The van der Waals surface area contributed by atoms with Gasteiger partial charge in [-0.25, -0.2) is 0 Å². The number of rotatable bonds is 1. The molecule has 4 rings (SSSR count). The summed E-state index contributed by atoms with van der Waals surface area (Å²) in [5.74, 6) is 0.913. The largest absolute Gasteiger partial charge is 0.457 e. The number of fused-ring (bicyclic) bond motifs is 2. The molecule has 1 heterocycles. The maximum Gasteiger partial charge on any atom is 0.312 e. The molecule has 1 saturated heterocycles. The minimum absolute atomic E-state index is 0.0142. The maximum absolute atomic E-state index is 12.5. The topological polar surface area (TPSA) is 43.4 Å². The second-order valence-electron chi connectivity index (χ2n) is 8.11. The first kappa shape index (κ1) is 14.2. The van der Waals surface area contributed by atoms with Gasteiger partial charge in [0.15, 0.2) is 5.78 Å². The van der Waals surface area contributed by atoms with Gasteiger partial charge in [-0.2, -0.15) is 0 Å². The van der Waals surface area contributed by atoms with E-state index in [2.05, 4.69) is 26.0 Å². The van der Waals surface area contributed by atoms with Gasteiger partial charge in [0.05, 0.1) is 5.41 Å². The van der Waals surface area contributed by atoms with Gasteiger partial charge in [0.2, 0.25) is 0 Å². The van der Waals surface area contributed by atoms with Crippen LogP contribution < -0.4 is 0 Å². The van der Waals surface area contributed by atoms with Crippen molar-refractivity contribution >= 4 is 11.8 Å². The van der Waals surface area contributed by atoms with Crippen LogP contribution in [0.2, 0.25) is 0 Å². The molecule has 2 fully saturated rings. The summed E-state index contributed by atoms with van der Waals surface area (Å²) in [7, 11) is 0. The minimum atomic E-state index is -0.315. The van der Waals surface area contributed by atoms with Gasteiger partial charge in [0, 0.05) is 5.92 Å². The molecule has 0 unspecified atom stereocenters. The second-order valence-corrected chi connectivity index (χ2v) is 8.11. The molecule has 0 aromatic carbocycles. The molecule has 0 bridgehead atoms. The highest BCUT2D eigenvalue weighted by atomic mass is 16.6. The average molecular weight is 300 g/mol. The lowest BCUT2D eigenvalue weighted by molar-refractivity contribution is -0.148. The zero-order valence-corrected chi connectivity index (χ0v) is 13.6. The summed E-state index contributed by atoms with van der Waals surface area (Å²) >= 11 is 0. The Labute approximate surface area is 131 Å². The quantitative estimate of drug-likeness (QED) is 0.695. The van der Waals surface area contributed by atoms with Crippen molar-refractivity contribution in [1.29, 1.82) is 0 Å². The Hall–Kier alpha value is -1.38. The molecule has 118 valence electrons. The Balaban J connectivity index is 1.84. The Bertz CT molecular complexity index is 629. The lowest BCUT2D eigenvalue weighted by Gasteiger charge is -2.55. The number of carbonyl (C=O) groups excluding carboxylic acids is 2. The number of esters is 1. The molecule has 0 aromatic heterocycles. The summed E-state index contributed by atoms with van der Waals surface area (Å²) in [5.41, 5.74) is 1.96. The van der Waals surface area contributed by atoms with E-state index in [1.165, 1.54) is 5.57 Å². The fourth-order valence-corrected chi connectivity index (χ4v) is 5.87. The molecule has 3 heteroatoms. The molecule has 3 nitrogen and oxygen atoms in total. The lowest BCUT2D eigenvalue weighted by Crippen LogP contribution is -2.52. The number of allylic oxidation sites excluding steroid dienone is 3. The molecule has 1 aliphatic heterocycles. The Morgan fingerprint density at radius 1 is 1.32 bits per heavy atom. The molecule has 0 radical (unpaired) electrons. The first-order valence-electron chi connectivity index (χ1n) is 8.50. The summed E-state index contributed by atoms with van der Waals surface area (Å²) in [5, 5.41) is 0. The number of Topliss-reactive ketones (excluding diaryl/α,β-unsaturated/α-hetero) is 1. The fourth-order valence-electron chi connectivity index (χ4n) is 5.87. The second kappa shape index (κ2) is 4.33. The van der Waals surface area contributed by atoms with Gasteiger partial charge >= 0.3 is 5.97 Å². The van der Waals surface area contributed by atoms with Gasteiger partial charge in [-0.05, 0) is 68.1 Å². The van der Waals surface area contributed by atoms with E-state index in [1.54, 1.807) is 6.92 Å². The molecule has 1 saturated carbocycles. The summed E-state index contributed by atoms with van der Waals surface area (Å²) < 4.78 is 5.76. The highest BCUT2D eigenvalue weighted by Gasteiger charge is 2.65. The number of ketones is 1. The molecular formula is C19H24O3. The number of hydrogen-bond acceptors (Lipinski definition) is 3. The van der Waals surface area contributed by atoms with E-state index >= 15 is 0 Å². The summed E-state index contributed by atoms with van der Waals surface area (Å²) in [4.78, 5) is 24.2. The van der Waals surface area contributed by atoms with Crippen LogP contribution in [-0.2, 0) is 14.3 Å². The van der Waals surface area contributed by atoms with Crippen molar-refractivity contribution in [3.05, 3.63) is 23.3 Å². The highest BCUT2D eigenvalue weighted by Crippen LogP contribution is 2.65. The van der Waals surface area contributed by atoms with Crippen LogP contribution in [0.25, 0.3) is 0 Å². The highest BCUT2D eigenvalue weighted by molar-refractivity contribution is 5.94. The van der Waals surface area contributed by atoms with Gasteiger partial charge in [0.25, 0.3) is 0 Å². The van der Waals surface area contributed by atoms with Crippen molar-refractivity contribution in [2.24, 2.45) is 22.7 Å².